The average molecular weight is 1060 g/mol. The van der Waals surface area contributed by atoms with Gasteiger partial charge in [0, 0.05) is 12.8 Å². The number of amides is 1. The lowest BCUT2D eigenvalue weighted by Gasteiger charge is -2.22. The fourth-order valence-electron chi connectivity index (χ4n) is 10.7. The van der Waals surface area contributed by atoms with E-state index in [-0.39, 0.29) is 18.5 Å². The maximum atomic E-state index is 12.5. The van der Waals surface area contributed by atoms with Crippen molar-refractivity contribution in [3.8, 4) is 0 Å². The molecule has 0 fully saturated rings. The molecule has 2 unspecified atom stereocenters. The van der Waals surface area contributed by atoms with Crippen molar-refractivity contribution in [2.45, 2.75) is 392 Å². The van der Waals surface area contributed by atoms with Crippen LogP contribution < -0.4 is 5.32 Å². The quantitative estimate of drug-likeness (QED) is 0.0320. The first kappa shape index (κ1) is 73.3. The van der Waals surface area contributed by atoms with Gasteiger partial charge in [-0.1, -0.05) is 314 Å². The summed E-state index contributed by atoms with van der Waals surface area (Å²) in [6, 6.07) is -0.543. The number of aliphatic hydroxyl groups excluding tert-OH is 2. The van der Waals surface area contributed by atoms with Crippen LogP contribution in [0.15, 0.2) is 24.3 Å². The number of esters is 1. The van der Waals surface area contributed by atoms with Gasteiger partial charge in [-0.15, -0.1) is 0 Å². The minimum atomic E-state index is -0.665. The summed E-state index contributed by atoms with van der Waals surface area (Å²) in [7, 11) is 0. The van der Waals surface area contributed by atoms with Crippen LogP contribution in [0.3, 0.4) is 0 Å². The molecule has 75 heavy (non-hydrogen) atoms. The smallest absolute Gasteiger partial charge is 0.305 e. The molecule has 0 aliphatic heterocycles. The highest BCUT2D eigenvalue weighted by atomic mass is 16.5. The molecule has 1 amide bonds. The standard InChI is InChI=1S/C69H133NO5/c1-3-5-7-9-11-13-15-17-19-33-37-41-45-49-53-57-61-67(72)66(65-71)70-68(73)62-58-54-50-46-42-38-34-31-29-27-25-23-21-22-24-26-28-30-32-36-40-44-48-52-56-60-64-75-69(74)63-59-55-51-47-43-39-35-20-18-16-14-12-10-8-6-4-2/h20-21,23,35,66-67,71-72H,3-19,22,24-34,36-65H2,1-2H3,(H,70,73)/b23-21-,35-20-. The molecule has 2 atom stereocenters. The summed E-state index contributed by atoms with van der Waals surface area (Å²) in [5.41, 5.74) is 0. The molecular weight excluding hydrogens is 923 g/mol. The van der Waals surface area contributed by atoms with E-state index in [9.17, 15) is 19.8 Å². The second-order valence-corrected chi connectivity index (χ2v) is 23.5. The Morgan fingerprint density at radius 1 is 0.360 bits per heavy atom. The van der Waals surface area contributed by atoms with E-state index in [0.717, 1.165) is 44.9 Å². The Bertz CT molecular complexity index is 1170. The van der Waals surface area contributed by atoms with Crippen LogP contribution in [-0.4, -0.2) is 47.4 Å². The maximum absolute atomic E-state index is 12.5. The Morgan fingerprint density at radius 3 is 0.947 bits per heavy atom. The van der Waals surface area contributed by atoms with Crippen LogP contribution in [0, 0.1) is 0 Å². The number of ether oxygens (including phenoxy) is 1. The number of allylic oxidation sites excluding steroid dienone is 4. The molecule has 0 spiro atoms. The predicted molar refractivity (Wildman–Crippen MR) is 329 cm³/mol. The number of hydrogen-bond acceptors (Lipinski definition) is 5. The van der Waals surface area contributed by atoms with Crippen LogP contribution in [0.1, 0.15) is 380 Å². The molecule has 444 valence electrons. The van der Waals surface area contributed by atoms with Crippen molar-refractivity contribution in [2.24, 2.45) is 0 Å². The van der Waals surface area contributed by atoms with E-state index in [2.05, 4.69) is 43.5 Å². The number of nitrogens with one attached hydrogen (secondary N) is 1. The van der Waals surface area contributed by atoms with Gasteiger partial charge >= 0.3 is 5.97 Å². The van der Waals surface area contributed by atoms with Gasteiger partial charge in [0.2, 0.25) is 5.91 Å². The van der Waals surface area contributed by atoms with Crippen molar-refractivity contribution in [1.29, 1.82) is 0 Å². The third-order valence-corrected chi connectivity index (χ3v) is 16.0. The maximum Gasteiger partial charge on any atom is 0.305 e. The van der Waals surface area contributed by atoms with E-state index in [1.807, 2.05) is 0 Å². The lowest BCUT2D eigenvalue weighted by atomic mass is 10.0. The summed E-state index contributed by atoms with van der Waals surface area (Å²) in [6.45, 7) is 4.98. The van der Waals surface area contributed by atoms with Crippen LogP contribution in [0.5, 0.6) is 0 Å². The Labute approximate surface area is 469 Å². The van der Waals surface area contributed by atoms with Gasteiger partial charge in [-0.3, -0.25) is 9.59 Å². The van der Waals surface area contributed by atoms with Crippen LogP contribution in [0.4, 0.5) is 0 Å². The first-order valence-electron chi connectivity index (χ1n) is 34.1. The van der Waals surface area contributed by atoms with Gasteiger partial charge in [0.1, 0.15) is 0 Å². The normalized spacial score (nSPS) is 12.6. The highest BCUT2D eigenvalue weighted by molar-refractivity contribution is 5.76. The molecule has 0 aromatic carbocycles. The van der Waals surface area contributed by atoms with E-state index < -0.39 is 12.1 Å². The lowest BCUT2D eigenvalue weighted by molar-refractivity contribution is -0.143. The highest BCUT2D eigenvalue weighted by Gasteiger charge is 2.20. The first-order chi connectivity index (χ1) is 37.0. The third kappa shape index (κ3) is 61.4. The Morgan fingerprint density at radius 2 is 0.627 bits per heavy atom. The average Bonchev–Trinajstić information content (AvgIpc) is 3.41. The van der Waals surface area contributed by atoms with Gasteiger partial charge in [0.05, 0.1) is 25.4 Å². The molecule has 0 bridgehead atoms. The van der Waals surface area contributed by atoms with Gasteiger partial charge in [0.15, 0.2) is 0 Å². The topological polar surface area (TPSA) is 95.9 Å². The van der Waals surface area contributed by atoms with Crippen LogP contribution in [0.2, 0.25) is 0 Å². The van der Waals surface area contributed by atoms with Gasteiger partial charge in [0.25, 0.3) is 0 Å². The Kier molecular flexibility index (Phi) is 63.4. The Balaban J connectivity index is 3.38. The summed E-state index contributed by atoms with van der Waals surface area (Å²) >= 11 is 0. The summed E-state index contributed by atoms with van der Waals surface area (Å²) in [4.78, 5) is 24.6. The number of unbranched alkanes of at least 4 members (excludes halogenated alkanes) is 49. The van der Waals surface area contributed by atoms with Crippen LogP contribution in [0.25, 0.3) is 0 Å². The van der Waals surface area contributed by atoms with Crippen molar-refractivity contribution in [1.82, 2.24) is 5.32 Å². The molecule has 6 heteroatoms. The van der Waals surface area contributed by atoms with Crippen molar-refractivity contribution >= 4 is 11.9 Å². The van der Waals surface area contributed by atoms with Crippen molar-refractivity contribution < 1.29 is 24.5 Å². The molecule has 6 nitrogen and oxygen atoms in total. The van der Waals surface area contributed by atoms with Gasteiger partial charge in [-0.25, -0.2) is 0 Å². The first-order valence-corrected chi connectivity index (χ1v) is 34.1. The summed E-state index contributed by atoms with van der Waals surface area (Å²) in [6.07, 6.45) is 80.7. The van der Waals surface area contributed by atoms with Crippen molar-refractivity contribution in [3.63, 3.8) is 0 Å². The fraction of sp³-hybridized carbons (Fsp3) is 0.913. The second kappa shape index (κ2) is 64.9. The molecule has 0 radical (unpaired) electrons. The Hall–Kier alpha value is -1.66. The number of aliphatic hydroxyl groups is 2. The summed E-state index contributed by atoms with van der Waals surface area (Å²) in [5, 5.41) is 23.3. The summed E-state index contributed by atoms with van der Waals surface area (Å²) in [5.74, 6) is -0.0265. The molecular formula is C69H133NO5. The minimum Gasteiger partial charge on any atom is -0.466 e. The van der Waals surface area contributed by atoms with E-state index in [1.54, 1.807) is 0 Å². The lowest BCUT2D eigenvalue weighted by Crippen LogP contribution is -2.45. The zero-order chi connectivity index (χ0) is 54.3. The molecule has 0 heterocycles. The number of rotatable bonds is 64. The van der Waals surface area contributed by atoms with E-state index in [1.165, 1.54) is 302 Å². The van der Waals surface area contributed by atoms with Gasteiger partial charge in [-0.05, 0) is 77.0 Å². The third-order valence-electron chi connectivity index (χ3n) is 16.0. The zero-order valence-electron chi connectivity index (χ0n) is 50.8. The SMILES string of the molecule is CCCCCCCCC/C=C\CCCCCCCC(=O)OCCCCCCCCCCCCCC/C=C\CCCCCCCCCCCCC(=O)NC(CO)C(O)CCCCCCCCCCCCCCCCCC. The van der Waals surface area contributed by atoms with E-state index in [0.29, 0.717) is 25.9 Å². The molecule has 0 saturated heterocycles. The van der Waals surface area contributed by atoms with Crippen molar-refractivity contribution in [2.75, 3.05) is 13.2 Å². The highest BCUT2D eigenvalue weighted by Crippen LogP contribution is 2.18. The molecule has 0 aliphatic rings. The van der Waals surface area contributed by atoms with Gasteiger partial charge < -0.3 is 20.3 Å². The molecule has 0 aromatic rings. The fourth-order valence-corrected chi connectivity index (χ4v) is 10.7. The zero-order valence-corrected chi connectivity index (χ0v) is 50.8. The van der Waals surface area contributed by atoms with Crippen molar-refractivity contribution in [3.05, 3.63) is 24.3 Å². The van der Waals surface area contributed by atoms with Gasteiger partial charge in [-0.2, -0.15) is 0 Å². The second-order valence-electron chi connectivity index (χ2n) is 23.5. The monoisotopic (exact) mass is 1060 g/mol. The largest absolute Gasteiger partial charge is 0.466 e. The molecule has 0 rings (SSSR count). The number of hydrogen-bond donors (Lipinski definition) is 3. The number of carbonyl (C=O) groups excluding carboxylic acids is 2. The summed E-state index contributed by atoms with van der Waals surface area (Å²) < 4.78 is 5.49. The number of carbonyl (C=O) groups is 2. The predicted octanol–water partition coefficient (Wildman–Crippen LogP) is 21.8. The molecule has 0 aromatic heterocycles. The molecule has 0 aliphatic carbocycles. The minimum absolute atomic E-state index is 0.00758. The van der Waals surface area contributed by atoms with E-state index >= 15 is 0 Å². The molecule has 3 N–H and O–H groups in total. The van der Waals surface area contributed by atoms with E-state index in [4.69, 9.17) is 4.74 Å². The molecule has 0 saturated carbocycles. The van der Waals surface area contributed by atoms with Crippen LogP contribution in [-0.2, 0) is 14.3 Å². The van der Waals surface area contributed by atoms with Crippen LogP contribution >= 0.6 is 0 Å².